The van der Waals surface area contributed by atoms with Crippen molar-refractivity contribution in [2.45, 2.75) is 23.6 Å². The van der Waals surface area contributed by atoms with Crippen molar-refractivity contribution >= 4 is 34.1 Å². The van der Waals surface area contributed by atoms with Crippen LogP contribution in [0.5, 0.6) is 0 Å². The van der Waals surface area contributed by atoms with Gasteiger partial charge in [-0.3, -0.25) is 9.59 Å². The average molecular weight is 351 g/mol. The van der Waals surface area contributed by atoms with Gasteiger partial charge in [0, 0.05) is 19.1 Å². The second-order valence-electron chi connectivity index (χ2n) is 5.05. The number of sulfone groups is 1. The molecule has 5 N–H and O–H groups in total. The third kappa shape index (κ3) is 5.28. The highest BCUT2D eigenvalue weighted by Crippen LogP contribution is 2.20. The first-order chi connectivity index (χ1) is 9.56. The molecular weight excluding hydrogens is 332 g/mol. The van der Waals surface area contributed by atoms with Crippen LogP contribution >= 0.6 is 12.4 Å². The van der Waals surface area contributed by atoms with E-state index in [0.29, 0.717) is 5.56 Å². The van der Waals surface area contributed by atoms with Gasteiger partial charge in [0.15, 0.2) is 9.84 Å². The molecule has 0 radical (unpaired) electrons. The highest BCUT2D eigenvalue weighted by Gasteiger charge is 2.42. The van der Waals surface area contributed by atoms with Crippen LogP contribution in [0.2, 0.25) is 0 Å². The highest BCUT2D eigenvalue weighted by atomic mass is 35.5. The lowest BCUT2D eigenvalue weighted by Crippen LogP contribution is -2.55. The van der Waals surface area contributed by atoms with Gasteiger partial charge in [0.1, 0.15) is 10.8 Å². The van der Waals surface area contributed by atoms with Gasteiger partial charge < -0.3 is 16.6 Å². The third-order valence-electron chi connectivity index (χ3n) is 3.17. The summed E-state index contributed by atoms with van der Waals surface area (Å²) in [7, 11) is -3.84. The zero-order valence-corrected chi connectivity index (χ0v) is 13.6. The van der Waals surface area contributed by atoms with Crippen molar-refractivity contribution in [3.05, 3.63) is 35.9 Å². The maximum absolute atomic E-state index is 11.6. The number of hydrogen-bond donors (Lipinski definition) is 3. The first-order valence-electron chi connectivity index (χ1n) is 6.10. The van der Waals surface area contributed by atoms with E-state index in [1.807, 2.05) is 0 Å². The van der Waals surface area contributed by atoms with Crippen molar-refractivity contribution in [2.75, 3.05) is 6.26 Å². The van der Waals surface area contributed by atoms with E-state index < -0.39 is 38.9 Å². The van der Waals surface area contributed by atoms with Crippen molar-refractivity contribution in [2.24, 2.45) is 11.5 Å². The molecule has 1 amide bonds. The average Bonchev–Trinajstić information content (AvgIpc) is 2.35. The van der Waals surface area contributed by atoms with E-state index in [9.17, 15) is 23.1 Å². The number of primary amides is 1. The standard InChI is InChI=1S/C13H18N2O5S.ClH/c1-21(19,20)10(11(14)16)8-13(15,12(17)18)7-9-5-3-2-4-6-9;/h2-6,10H,7-8,15H2,1H3,(H2,14,16)(H,17,18);1H/t10?,13-;/m0./s1. The molecule has 0 fully saturated rings. The molecule has 0 spiro atoms. The van der Waals surface area contributed by atoms with E-state index >= 15 is 0 Å². The number of carbonyl (C=O) groups is 2. The van der Waals surface area contributed by atoms with Gasteiger partial charge in [0.05, 0.1) is 0 Å². The molecule has 9 heteroatoms. The molecule has 0 heterocycles. The molecule has 0 aliphatic rings. The van der Waals surface area contributed by atoms with Gasteiger partial charge in [0.25, 0.3) is 0 Å². The second kappa shape index (κ2) is 7.57. The van der Waals surface area contributed by atoms with Crippen LogP contribution < -0.4 is 11.5 Å². The molecule has 0 bridgehead atoms. The highest BCUT2D eigenvalue weighted by molar-refractivity contribution is 7.92. The summed E-state index contributed by atoms with van der Waals surface area (Å²) in [4.78, 5) is 22.7. The summed E-state index contributed by atoms with van der Waals surface area (Å²) >= 11 is 0. The van der Waals surface area contributed by atoms with E-state index in [-0.39, 0.29) is 18.8 Å². The number of carboxylic acids is 1. The Morgan fingerprint density at radius 2 is 1.77 bits per heavy atom. The van der Waals surface area contributed by atoms with E-state index in [4.69, 9.17) is 11.5 Å². The summed E-state index contributed by atoms with van der Waals surface area (Å²) in [5, 5.41) is 7.68. The van der Waals surface area contributed by atoms with Crippen molar-refractivity contribution in [3.8, 4) is 0 Å². The van der Waals surface area contributed by atoms with E-state index in [1.165, 1.54) is 0 Å². The molecular formula is C13H19ClN2O5S. The molecule has 124 valence electrons. The van der Waals surface area contributed by atoms with E-state index in [2.05, 4.69) is 0 Å². The minimum Gasteiger partial charge on any atom is -0.480 e. The number of nitrogens with two attached hydrogens (primary N) is 2. The molecule has 22 heavy (non-hydrogen) atoms. The van der Waals surface area contributed by atoms with Crippen LogP contribution in [-0.4, -0.2) is 42.4 Å². The smallest absolute Gasteiger partial charge is 0.324 e. The zero-order chi connectivity index (χ0) is 16.3. The van der Waals surface area contributed by atoms with E-state index in [1.54, 1.807) is 30.3 Å². The summed E-state index contributed by atoms with van der Waals surface area (Å²) in [5.41, 5.74) is 9.62. The summed E-state index contributed by atoms with van der Waals surface area (Å²) in [6.45, 7) is 0. The van der Waals surface area contributed by atoms with Gasteiger partial charge in [-0.15, -0.1) is 12.4 Å². The number of rotatable bonds is 7. The van der Waals surface area contributed by atoms with Crippen LogP contribution in [-0.2, 0) is 25.8 Å². The van der Waals surface area contributed by atoms with Gasteiger partial charge in [-0.1, -0.05) is 30.3 Å². The van der Waals surface area contributed by atoms with Crippen molar-refractivity contribution in [1.82, 2.24) is 0 Å². The first-order valence-corrected chi connectivity index (χ1v) is 8.06. The number of hydrogen-bond acceptors (Lipinski definition) is 5. The summed E-state index contributed by atoms with van der Waals surface area (Å²) in [5.74, 6) is -2.50. The zero-order valence-electron chi connectivity index (χ0n) is 11.9. The SMILES string of the molecule is CS(=O)(=O)C(C[C@@](N)(Cc1ccccc1)C(=O)O)C(N)=O.Cl. The second-order valence-corrected chi connectivity index (χ2v) is 7.28. The Balaban J connectivity index is 0.00000441. The molecule has 7 nitrogen and oxygen atoms in total. The maximum Gasteiger partial charge on any atom is 0.324 e. The number of carbonyl (C=O) groups excluding carboxylic acids is 1. The topological polar surface area (TPSA) is 141 Å². The largest absolute Gasteiger partial charge is 0.480 e. The fourth-order valence-corrected chi connectivity index (χ4v) is 3.01. The molecule has 2 atom stereocenters. The monoisotopic (exact) mass is 350 g/mol. The fourth-order valence-electron chi connectivity index (χ4n) is 1.99. The molecule has 0 saturated carbocycles. The summed E-state index contributed by atoms with van der Waals surface area (Å²) < 4.78 is 23.2. The van der Waals surface area contributed by atoms with Crippen LogP contribution in [0.15, 0.2) is 30.3 Å². The number of amides is 1. The van der Waals surface area contributed by atoms with Crippen LogP contribution in [0.1, 0.15) is 12.0 Å². The van der Waals surface area contributed by atoms with Crippen molar-refractivity contribution < 1.29 is 23.1 Å². The predicted octanol–water partition coefficient (Wildman–Crippen LogP) is -0.278. The van der Waals surface area contributed by atoms with Gasteiger partial charge in [-0.2, -0.15) is 0 Å². The Bertz CT molecular complexity index is 635. The lowest BCUT2D eigenvalue weighted by molar-refractivity contribution is -0.143. The van der Waals surface area contributed by atoms with Gasteiger partial charge >= 0.3 is 5.97 Å². The van der Waals surface area contributed by atoms with Crippen molar-refractivity contribution in [3.63, 3.8) is 0 Å². The van der Waals surface area contributed by atoms with E-state index in [0.717, 1.165) is 6.26 Å². The molecule has 1 aromatic rings. The van der Waals surface area contributed by atoms with Gasteiger partial charge in [-0.25, -0.2) is 8.42 Å². The number of carboxylic acid groups (broad SMARTS) is 1. The predicted molar refractivity (Wildman–Crippen MR) is 84.4 cm³/mol. The summed E-state index contributed by atoms with van der Waals surface area (Å²) in [6, 6.07) is 8.51. The Morgan fingerprint density at radius 3 is 2.14 bits per heavy atom. The van der Waals surface area contributed by atoms with Crippen LogP contribution in [0.3, 0.4) is 0 Å². The number of aliphatic carboxylic acids is 1. The molecule has 0 saturated heterocycles. The fraction of sp³-hybridized carbons (Fsp3) is 0.385. The van der Waals surface area contributed by atoms with Crippen LogP contribution in [0.4, 0.5) is 0 Å². The minimum atomic E-state index is -3.84. The lowest BCUT2D eigenvalue weighted by Gasteiger charge is -2.27. The Kier molecular flexibility index (Phi) is 7.01. The molecule has 1 aromatic carbocycles. The van der Waals surface area contributed by atoms with Crippen LogP contribution in [0, 0.1) is 0 Å². The Hall–Kier alpha value is -1.64. The van der Waals surface area contributed by atoms with Gasteiger partial charge in [0.2, 0.25) is 5.91 Å². The Labute approximate surface area is 135 Å². The first kappa shape index (κ1) is 20.4. The molecule has 1 unspecified atom stereocenters. The molecule has 0 aromatic heterocycles. The summed E-state index contributed by atoms with van der Waals surface area (Å²) in [6.07, 6.45) is 0.140. The molecule has 0 aliphatic carbocycles. The minimum absolute atomic E-state index is 0. The van der Waals surface area contributed by atoms with Crippen molar-refractivity contribution in [1.29, 1.82) is 0 Å². The normalized spacial score (nSPS) is 15.2. The quantitative estimate of drug-likeness (QED) is 0.617. The number of benzene rings is 1. The van der Waals surface area contributed by atoms with Gasteiger partial charge in [-0.05, 0) is 5.56 Å². The molecule has 1 rings (SSSR count). The maximum atomic E-state index is 11.6. The number of halogens is 1. The van der Waals surface area contributed by atoms with Crippen LogP contribution in [0.25, 0.3) is 0 Å². The Morgan fingerprint density at radius 1 is 1.27 bits per heavy atom. The third-order valence-corrected chi connectivity index (χ3v) is 4.60. The molecule has 0 aliphatic heterocycles. The lowest BCUT2D eigenvalue weighted by atomic mass is 9.87.